The van der Waals surface area contributed by atoms with Crippen LogP contribution in [0.4, 0.5) is 0 Å². The first-order valence-electron chi connectivity index (χ1n) is 5.28. The predicted octanol–water partition coefficient (Wildman–Crippen LogP) is 0.241. The average molecular weight is 263 g/mol. The summed E-state index contributed by atoms with van der Waals surface area (Å²) in [5.41, 5.74) is 1.18. The van der Waals surface area contributed by atoms with Gasteiger partial charge in [-0.15, -0.1) is 0 Å². The van der Waals surface area contributed by atoms with E-state index in [9.17, 15) is 0 Å². The Balaban J connectivity index is 0.00000225. The molecular weight excluding hydrogens is 245 g/mol. The lowest BCUT2D eigenvalue weighted by Gasteiger charge is -2.10. The minimum atomic E-state index is 0. The Morgan fingerprint density at radius 3 is 2.56 bits per heavy atom. The van der Waals surface area contributed by atoms with Crippen LogP contribution in [0.1, 0.15) is 26.3 Å². The van der Waals surface area contributed by atoms with Crippen LogP contribution < -0.4 is 22.5 Å². The van der Waals surface area contributed by atoms with Gasteiger partial charge in [0.05, 0.1) is 11.6 Å². The van der Waals surface area contributed by atoms with E-state index < -0.39 is 0 Å². The molecule has 0 aliphatic rings. The minimum Gasteiger partial charge on any atom is -1.00 e. The number of benzene rings is 1. The van der Waals surface area contributed by atoms with E-state index in [0.717, 1.165) is 12.3 Å². The molecule has 92 valence electrons. The Labute approximate surface area is 109 Å². The molecule has 0 unspecified atom stereocenters. The summed E-state index contributed by atoms with van der Waals surface area (Å²) in [6.07, 6.45) is 0. The van der Waals surface area contributed by atoms with E-state index >= 15 is 0 Å². The summed E-state index contributed by atoms with van der Waals surface area (Å²) in [7, 11) is 0. The molecule has 0 fully saturated rings. The van der Waals surface area contributed by atoms with Crippen molar-refractivity contribution >= 4 is 11.6 Å². The Bertz CT molecular complexity index is 316. The van der Waals surface area contributed by atoms with Crippen molar-refractivity contribution in [2.24, 2.45) is 0 Å². The molecule has 0 aliphatic carbocycles. The van der Waals surface area contributed by atoms with Crippen LogP contribution in [0.25, 0.3) is 0 Å². The first-order valence-corrected chi connectivity index (χ1v) is 5.66. The first kappa shape index (κ1) is 15.6. The second-order valence-corrected chi connectivity index (χ2v) is 4.14. The Morgan fingerprint density at radius 1 is 1.38 bits per heavy atom. The first-order chi connectivity index (χ1) is 7.13. The quantitative estimate of drug-likeness (QED) is 0.821. The van der Waals surface area contributed by atoms with Crippen molar-refractivity contribution in [2.45, 2.75) is 33.4 Å². The number of ether oxygens (including phenoxy) is 1. The summed E-state index contributed by atoms with van der Waals surface area (Å²) in [5, 5.41) is 4.02. The molecule has 4 heteroatoms. The summed E-state index contributed by atoms with van der Waals surface area (Å²) in [5.74, 6) is 0.757. The third-order valence-electron chi connectivity index (χ3n) is 2.01. The summed E-state index contributed by atoms with van der Waals surface area (Å²) in [6, 6.07) is 6.38. The van der Waals surface area contributed by atoms with Gasteiger partial charge in [0.1, 0.15) is 5.75 Å². The molecule has 1 rings (SSSR count). The van der Waals surface area contributed by atoms with Crippen LogP contribution in [0.3, 0.4) is 0 Å². The molecule has 0 heterocycles. The largest absolute Gasteiger partial charge is 1.00 e. The monoisotopic (exact) mass is 262 g/mol. The lowest BCUT2D eigenvalue weighted by Crippen LogP contribution is -3.00. The molecule has 0 atom stereocenters. The number of rotatable bonds is 5. The average Bonchev–Trinajstić information content (AvgIpc) is 2.19. The van der Waals surface area contributed by atoms with Crippen LogP contribution in [-0.2, 0) is 6.54 Å². The summed E-state index contributed by atoms with van der Waals surface area (Å²) in [4.78, 5) is 0. The van der Waals surface area contributed by atoms with Crippen molar-refractivity contribution in [1.29, 1.82) is 0 Å². The van der Waals surface area contributed by atoms with E-state index in [-0.39, 0.29) is 12.4 Å². The van der Waals surface area contributed by atoms with Gasteiger partial charge in [0.25, 0.3) is 0 Å². The van der Waals surface area contributed by atoms with Crippen molar-refractivity contribution < 1.29 is 17.1 Å². The maximum Gasteiger partial charge on any atom is 0.137 e. The van der Waals surface area contributed by atoms with Gasteiger partial charge in [0.15, 0.2) is 0 Å². The molecule has 1 aromatic rings. The second-order valence-electron chi connectivity index (χ2n) is 3.73. The molecule has 0 bridgehead atoms. The van der Waals surface area contributed by atoms with Crippen LogP contribution in [0.5, 0.6) is 5.75 Å². The van der Waals surface area contributed by atoms with E-state index in [1.54, 1.807) is 0 Å². The van der Waals surface area contributed by atoms with Gasteiger partial charge in [0.2, 0.25) is 0 Å². The molecule has 2 nitrogen and oxygen atoms in total. The van der Waals surface area contributed by atoms with Crippen LogP contribution >= 0.6 is 11.6 Å². The SMILES string of the molecule is CCOc1ccc(CNC(C)C)cc1Cl.[Cl-]. The van der Waals surface area contributed by atoms with Crippen molar-refractivity contribution in [3.63, 3.8) is 0 Å². The molecule has 0 saturated heterocycles. The fraction of sp³-hybridized carbons (Fsp3) is 0.500. The van der Waals surface area contributed by atoms with Gasteiger partial charge in [-0.25, -0.2) is 0 Å². The zero-order valence-electron chi connectivity index (χ0n) is 9.89. The summed E-state index contributed by atoms with van der Waals surface area (Å²) >= 11 is 6.07. The fourth-order valence-electron chi connectivity index (χ4n) is 1.25. The third-order valence-corrected chi connectivity index (χ3v) is 2.31. The topological polar surface area (TPSA) is 21.3 Å². The zero-order chi connectivity index (χ0) is 11.3. The molecule has 0 aromatic heterocycles. The zero-order valence-corrected chi connectivity index (χ0v) is 11.4. The van der Waals surface area contributed by atoms with E-state index in [1.807, 2.05) is 25.1 Å². The highest BCUT2D eigenvalue weighted by Crippen LogP contribution is 2.25. The van der Waals surface area contributed by atoms with Gasteiger partial charge in [-0.3, -0.25) is 0 Å². The van der Waals surface area contributed by atoms with Crippen LogP contribution in [0, 0.1) is 0 Å². The minimum absolute atomic E-state index is 0. The summed E-state index contributed by atoms with van der Waals surface area (Å²) < 4.78 is 5.36. The second kappa shape index (κ2) is 7.77. The van der Waals surface area contributed by atoms with Crippen LogP contribution in [0.15, 0.2) is 18.2 Å². The normalized spacial score (nSPS) is 10.1. The maximum absolute atomic E-state index is 6.07. The molecule has 0 aliphatic heterocycles. The molecule has 16 heavy (non-hydrogen) atoms. The molecule has 0 amide bonds. The van der Waals surface area contributed by atoms with Gasteiger partial charge >= 0.3 is 0 Å². The highest BCUT2D eigenvalue weighted by Gasteiger charge is 2.02. The molecule has 0 saturated carbocycles. The molecule has 0 radical (unpaired) electrons. The van der Waals surface area contributed by atoms with Crippen molar-refractivity contribution in [3.8, 4) is 5.75 Å². The summed E-state index contributed by atoms with van der Waals surface area (Å²) in [6.45, 7) is 7.67. The standard InChI is InChI=1S/C12H18ClNO.ClH/c1-4-15-12-6-5-10(7-11(12)13)8-14-9(2)3;/h5-7,9,14H,4,8H2,1-3H3;1H/p-1. The maximum atomic E-state index is 6.07. The number of halogens is 2. The highest BCUT2D eigenvalue weighted by molar-refractivity contribution is 6.32. The lowest BCUT2D eigenvalue weighted by atomic mass is 10.2. The molecule has 1 N–H and O–H groups in total. The predicted molar refractivity (Wildman–Crippen MR) is 64.6 cm³/mol. The van der Waals surface area contributed by atoms with E-state index in [1.165, 1.54) is 5.56 Å². The van der Waals surface area contributed by atoms with Crippen LogP contribution in [-0.4, -0.2) is 12.6 Å². The number of hydrogen-bond acceptors (Lipinski definition) is 2. The Hall–Kier alpha value is -0.440. The van der Waals surface area contributed by atoms with E-state index in [0.29, 0.717) is 17.7 Å². The van der Waals surface area contributed by atoms with Gasteiger partial charge in [-0.05, 0) is 24.6 Å². The van der Waals surface area contributed by atoms with Crippen molar-refractivity contribution in [2.75, 3.05) is 6.61 Å². The third kappa shape index (κ3) is 5.06. The van der Waals surface area contributed by atoms with Crippen molar-refractivity contribution in [1.82, 2.24) is 5.32 Å². The van der Waals surface area contributed by atoms with Crippen molar-refractivity contribution in [3.05, 3.63) is 28.8 Å². The van der Waals surface area contributed by atoms with Gasteiger partial charge in [-0.2, -0.15) is 0 Å². The molecule has 0 spiro atoms. The highest BCUT2D eigenvalue weighted by atomic mass is 35.5. The lowest BCUT2D eigenvalue weighted by molar-refractivity contribution is -0.00000385. The molecular formula is C12H18Cl2NO-. The van der Waals surface area contributed by atoms with Gasteiger partial charge in [-0.1, -0.05) is 31.5 Å². The smallest absolute Gasteiger partial charge is 0.137 e. The number of hydrogen-bond donors (Lipinski definition) is 1. The van der Waals surface area contributed by atoms with E-state index in [4.69, 9.17) is 16.3 Å². The van der Waals surface area contributed by atoms with Gasteiger partial charge in [0, 0.05) is 12.6 Å². The van der Waals surface area contributed by atoms with E-state index in [2.05, 4.69) is 19.2 Å². The Morgan fingerprint density at radius 2 is 2.06 bits per heavy atom. The fourth-order valence-corrected chi connectivity index (χ4v) is 1.51. The number of nitrogens with one attached hydrogen (secondary N) is 1. The Kier molecular flexibility index (Phi) is 7.56. The molecule has 1 aromatic carbocycles. The van der Waals surface area contributed by atoms with Gasteiger partial charge < -0.3 is 22.5 Å². The van der Waals surface area contributed by atoms with Crippen LogP contribution in [0.2, 0.25) is 5.02 Å².